The fraction of sp³-hybridized carbons (Fsp3) is 0.308. The number of nitrogens with zero attached hydrogens (tertiary/aromatic N) is 2. The van der Waals surface area contributed by atoms with Crippen molar-refractivity contribution in [2.45, 2.75) is 19.3 Å². The van der Waals surface area contributed by atoms with Gasteiger partial charge >= 0.3 is 0 Å². The summed E-state index contributed by atoms with van der Waals surface area (Å²) in [6.45, 7) is 0.708. The maximum Gasteiger partial charge on any atom is 0.294 e. The van der Waals surface area contributed by atoms with Crippen LogP contribution in [0.3, 0.4) is 0 Å². The van der Waals surface area contributed by atoms with Crippen LogP contribution in [0.2, 0.25) is 0 Å². The van der Waals surface area contributed by atoms with Gasteiger partial charge in [0, 0.05) is 18.8 Å². The van der Waals surface area contributed by atoms with Crippen LogP contribution in [-0.4, -0.2) is 66.1 Å². The monoisotopic (exact) mass is 653 g/mol. The van der Waals surface area contributed by atoms with E-state index in [1.165, 1.54) is 31.4 Å². The Bertz CT molecular complexity index is 1280. The SMILES string of the molecule is COc1cc(/C=C2\SC(=O)N(CC(=O)N3CCCCC3)C2=O)cc(I)c1OCC(=O)Nc1ccc(F)cc1. The summed E-state index contributed by atoms with van der Waals surface area (Å²) >= 11 is 2.80. The van der Waals surface area contributed by atoms with Gasteiger partial charge in [0.2, 0.25) is 5.91 Å². The van der Waals surface area contributed by atoms with Crippen molar-refractivity contribution in [2.24, 2.45) is 0 Å². The number of nitrogens with one attached hydrogen (secondary N) is 1. The fourth-order valence-electron chi connectivity index (χ4n) is 4.00. The minimum Gasteiger partial charge on any atom is -0.493 e. The normalized spacial score (nSPS) is 16.7. The Morgan fingerprint density at radius 3 is 2.53 bits per heavy atom. The van der Waals surface area contributed by atoms with Gasteiger partial charge in [-0.25, -0.2) is 4.39 Å². The molecule has 0 bridgehead atoms. The molecule has 2 aromatic rings. The van der Waals surface area contributed by atoms with Crippen LogP contribution in [0, 0.1) is 9.39 Å². The Labute approximate surface area is 236 Å². The Morgan fingerprint density at radius 2 is 1.84 bits per heavy atom. The second-order valence-electron chi connectivity index (χ2n) is 8.59. The largest absolute Gasteiger partial charge is 0.493 e. The summed E-state index contributed by atoms with van der Waals surface area (Å²) in [4.78, 5) is 53.1. The molecular weight excluding hydrogens is 628 g/mol. The smallest absolute Gasteiger partial charge is 0.294 e. The van der Waals surface area contributed by atoms with E-state index in [0.29, 0.717) is 39.4 Å². The highest BCUT2D eigenvalue weighted by Crippen LogP contribution is 2.37. The van der Waals surface area contributed by atoms with Crippen LogP contribution in [0.1, 0.15) is 24.8 Å². The summed E-state index contributed by atoms with van der Waals surface area (Å²) in [6, 6.07) is 8.71. The summed E-state index contributed by atoms with van der Waals surface area (Å²) in [7, 11) is 1.45. The Hall–Kier alpha value is -3.13. The molecule has 12 heteroatoms. The number of hydrogen-bond acceptors (Lipinski definition) is 7. The number of carbonyl (C=O) groups is 4. The summed E-state index contributed by atoms with van der Waals surface area (Å²) < 4.78 is 24.8. The van der Waals surface area contributed by atoms with E-state index in [0.717, 1.165) is 35.9 Å². The van der Waals surface area contributed by atoms with E-state index in [9.17, 15) is 23.6 Å². The Morgan fingerprint density at radius 1 is 1.13 bits per heavy atom. The molecule has 0 aliphatic carbocycles. The van der Waals surface area contributed by atoms with Crippen molar-refractivity contribution in [3.05, 3.63) is 56.3 Å². The maximum absolute atomic E-state index is 13.1. The number of carbonyl (C=O) groups excluding carboxylic acids is 4. The van der Waals surface area contributed by atoms with Crippen molar-refractivity contribution in [1.29, 1.82) is 0 Å². The minimum absolute atomic E-state index is 0.201. The number of halogens is 2. The summed E-state index contributed by atoms with van der Waals surface area (Å²) in [5.41, 5.74) is 1.02. The minimum atomic E-state index is -0.517. The van der Waals surface area contributed by atoms with Gasteiger partial charge in [0.1, 0.15) is 12.4 Å². The highest BCUT2D eigenvalue weighted by molar-refractivity contribution is 14.1. The molecule has 2 aliphatic rings. The number of amides is 4. The molecular formula is C26H25FIN3O6S. The molecule has 2 aromatic carbocycles. The van der Waals surface area contributed by atoms with E-state index >= 15 is 0 Å². The van der Waals surface area contributed by atoms with Crippen LogP contribution in [0.5, 0.6) is 11.5 Å². The van der Waals surface area contributed by atoms with Crippen molar-refractivity contribution in [2.75, 3.05) is 38.7 Å². The standard InChI is InChI=1S/C26H25FIN3O6S/c1-36-20-12-16(11-19(28)24(20)37-15-22(32)29-18-7-5-17(27)6-8-18)13-21-25(34)31(26(35)38-21)14-23(33)30-9-3-2-4-10-30/h5-8,11-13H,2-4,9-10,14-15H2,1H3,(H,29,32)/b21-13-. The molecule has 4 amide bonds. The average molecular weight is 653 g/mol. The molecule has 0 spiro atoms. The lowest BCUT2D eigenvalue weighted by Gasteiger charge is -2.27. The molecule has 0 atom stereocenters. The van der Waals surface area contributed by atoms with E-state index in [1.807, 2.05) is 22.6 Å². The molecule has 0 unspecified atom stereocenters. The molecule has 9 nitrogen and oxygen atoms in total. The van der Waals surface area contributed by atoms with E-state index in [-0.39, 0.29) is 24.0 Å². The third kappa shape index (κ3) is 6.84. The topological polar surface area (TPSA) is 105 Å². The lowest BCUT2D eigenvalue weighted by molar-refractivity contribution is -0.136. The van der Waals surface area contributed by atoms with E-state index in [4.69, 9.17) is 9.47 Å². The van der Waals surface area contributed by atoms with Gasteiger partial charge in [0.15, 0.2) is 18.1 Å². The molecule has 2 saturated heterocycles. The van der Waals surface area contributed by atoms with Gasteiger partial charge in [0.05, 0.1) is 15.6 Å². The number of rotatable bonds is 8. The third-order valence-electron chi connectivity index (χ3n) is 5.90. The molecule has 2 heterocycles. The number of piperidine rings is 1. The number of thioether (sulfide) groups is 1. The molecule has 0 radical (unpaired) electrons. The molecule has 0 aromatic heterocycles. The first-order valence-corrected chi connectivity index (χ1v) is 13.7. The molecule has 2 fully saturated rings. The van der Waals surface area contributed by atoms with Gasteiger partial charge in [-0.3, -0.25) is 24.1 Å². The summed E-state index contributed by atoms with van der Waals surface area (Å²) in [5.74, 6) is -0.927. The van der Waals surface area contributed by atoms with Gasteiger partial charge in [-0.1, -0.05) is 0 Å². The maximum atomic E-state index is 13.1. The van der Waals surface area contributed by atoms with Crippen molar-refractivity contribution >= 4 is 69.1 Å². The second-order valence-corrected chi connectivity index (χ2v) is 10.7. The van der Waals surface area contributed by atoms with Crippen molar-refractivity contribution in [3.8, 4) is 11.5 Å². The molecule has 2 aliphatic heterocycles. The number of imide groups is 1. The number of methoxy groups -OCH3 is 1. The molecule has 4 rings (SSSR count). The van der Waals surface area contributed by atoms with Crippen LogP contribution in [0.25, 0.3) is 6.08 Å². The van der Waals surface area contributed by atoms with Gasteiger partial charge in [-0.2, -0.15) is 0 Å². The summed E-state index contributed by atoms with van der Waals surface area (Å²) in [5, 5.41) is 2.13. The molecule has 0 saturated carbocycles. The zero-order valence-electron chi connectivity index (χ0n) is 20.5. The number of hydrogen-bond donors (Lipinski definition) is 1. The van der Waals surface area contributed by atoms with Crippen LogP contribution in [0.15, 0.2) is 41.3 Å². The first-order chi connectivity index (χ1) is 18.2. The lowest BCUT2D eigenvalue weighted by atomic mass is 10.1. The number of anilines is 1. The highest BCUT2D eigenvalue weighted by atomic mass is 127. The highest BCUT2D eigenvalue weighted by Gasteiger charge is 2.37. The van der Waals surface area contributed by atoms with Gasteiger partial charge in [0.25, 0.3) is 17.1 Å². The molecule has 38 heavy (non-hydrogen) atoms. The quantitative estimate of drug-likeness (QED) is 0.331. The second kappa shape index (κ2) is 12.6. The Balaban J connectivity index is 1.42. The van der Waals surface area contributed by atoms with E-state index < -0.39 is 22.9 Å². The van der Waals surface area contributed by atoms with Crippen molar-refractivity contribution < 1.29 is 33.0 Å². The molecule has 1 N–H and O–H groups in total. The summed E-state index contributed by atoms with van der Waals surface area (Å²) in [6.07, 6.45) is 4.48. The van der Waals surface area contributed by atoms with Crippen molar-refractivity contribution in [1.82, 2.24) is 9.80 Å². The van der Waals surface area contributed by atoms with Crippen LogP contribution >= 0.6 is 34.4 Å². The van der Waals surface area contributed by atoms with Crippen LogP contribution in [-0.2, 0) is 14.4 Å². The van der Waals surface area contributed by atoms with Gasteiger partial charge < -0.3 is 19.7 Å². The van der Waals surface area contributed by atoms with Gasteiger partial charge in [-0.05, 0) is 102 Å². The van der Waals surface area contributed by atoms with E-state index in [1.54, 1.807) is 23.1 Å². The van der Waals surface area contributed by atoms with Gasteiger partial charge in [-0.15, -0.1) is 0 Å². The average Bonchev–Trinajstić information content (AvgIpc) is 3.16. The van der Waals surface area contributed by atoms with E-state index in [2.05, 4.69) is 5.32 Å². The number of benzene rings is 2. The third-order valence-corrected chi connectivity index (χ3v) is 7.61. The Kier molecular flexibility index (Phi) is 9.26. The predicted octanol–water partition coefficient (Wildman–Crippen LogP) is 4.51. The lowest BCUT2D eigenvalue weighted by Crippen LogP contribution is -2.44. The number of likely N-dealkylation sites (tertiary alicyclic amines) is 1. The molecule has 200 valence electrons. The first kappa shape index (κ1) is 27.9. The zero-order chi connectivity index (χ0) is 27.2. The zero-order valence-corrected chi connectivity index (χ0v) is 23.5. The van der Waals surface area contributed by atoms with Crippen LogP contribution in [0.4, 0.5) is 14.9 Å². The fourth-order valence-corrected chi connectivity index (χ4v) is 5.62. The predicted molar refractivity (Wildman–Crippen MR) is 149 cm³/mol. The number of ether oxygens (including phenoxy) is 2. The van der Waals surface area contributed by atoms with Crippen LogP contribution < -0.4 is 14.8 Å². The first-order valence-electron chi connectivity index (χ1n) is 11.8. The van der Waals surface area contributed by atoms with Crippen molar-refractivity contribution in [3.63, 3.8) is 0 Å².